The number of amides is 2. The molecule has 0 saturated carbocycles. The van der Waals surface area contributed by atoms with Crippen LogP contribution in [0.5, 0.6) is 0 Å². The van der Waals surface area contributed by atoms with E-state index in [2.05, 4.69) is 26.5 Å². The van der Waals surface area contributed by atoms with Crippen molar-refractivity contribution in [1.29, 1.82) is 0 Å². The number of rotatable bonds is 8. The van der Waals surface area contributed by atoms with Gasteiger partial charge in [-0.15, -0.1) is 0 Å². The van der Waals surface area contributed by atoms with Crippen molar-refractivity contribution in [2.24, 2.45) is 18.1 Å². The van der Waals surface area contributed by atoms with Gasteiger partial charge >= 0.3 is 0 Å². The highest BCUT2D eigenvalue weighted by Gasteiger charge is 2.29. The van der Waals surface area contributed by atoms with E-state index in [1.807, 2.05) is 107 Å². The zero-order valence-electron chi connectivity index (χ0n) is 21.1. The lowest BCUT2D eigenvalue weighted by Crippen LogP contribution is -2.50. The third kappa shape index (κ3) is 5.23. The van der Waals surface area contributed by atoms with Crippen LogP contribution in [0.2, 0.25) is 0 Å². The molecule has 0 fully saturated rings. The number of para-hydroxylation sites is 1. The number of hydrazone groups is 1. The van der Waals surface area contributed by atoms with Crippen molar-refractivity contribution in [3.8, 4) is 0 Å². The standard InChI is InChI=1S/C30H32N4O2/c1-20(2)28(30(36)33-31-19-25-21(3)34(4)26-18-12-11-17-24(25)26)32-29(35)27(22-13-7-5-8-14-22)23-15-9-6-10-16-23/h5-20,27-28H,1-4H3,(H,32,35)(H,33,36)/b31-19-/t28-/m0/s1. The highest BCUT2D eigenvalue weighted by molar-refractivity contribution is 6.01. The first-order chi connectivity index (χ1) is 17.4. The van der Waals surface area contributed by atoms with E-state index in [0.717, 1.165) is 33.3 Å². The van der Waals surface area contributed by atoms with E-state index in [4.69, 9.17) is 0 Å². The molecule has 2 N–H and O–H groups in total. The van der Waals surface area contributed by atoms with Crippen molar-refractivity contribution in [2.45, 2.75) is 32.7 Å². The second kappa shape index (κ2) is 11.0. The number of fused-ring (bicyclic) bond motifs is 1. The molecule has 6 nitrogen and oxygen atoms in total. The van der Waals surface area contributed by atoms with Gasteiger partial charge in [0.15, 0.2) is 0 Å². The summed E-state index contributed by atoms with van der Waals surface area (Å²) in [5.41, 5.74) is 7.49. The lowest BCUT2D eigenvalue weighted by atomic mass is 9.89. The third-order valence-corrected chi connectivity index (χ3v) is 6.59. The van der Waals surface area contributed by atoms with Gasteiger partial charge in [-0.2, -0.15) is 5.10 Å². The molecule has 2 amide bonds. The van der Waals surface area contributed by atoms with E-state index < -0.39 is 12.0 Å². The van der Waals surface area contributed by atoms with Crippen LogP contribution >= 0.6 is 0 Å². The van der Waals surface area contributed by atoms with Gasteiger partial charge in [-0.05, 0) is 30.0 Å². The van der Waals surface area contributed by atoms with E-state index >= 15 is 0 Å². The average Bonchev–Trinajstić information content (AvgIpc) is 3.13. The van der Waals surface area contributed by atoms with Crippen LogP contribution < -0.4 is 10.7 Å². The number of nitrogens with zero attached hydrogens (tertiary/aromatic N) is 2. The van der Waals surface area contributed by atoms with Crippen molar-refractivity contribution in [3.05, 3.63) is 107 Å². The molecule has 0 aliphatic heterocycles. The van der Waals surface area contributed by atoms with Crippen molar-refractivity contribution in [2.75, 3.05) is 0 Å². The van der Waals surface area contributed by atoms with E-state index in [-0.39, 0.29) is 17.7 Å². The molecular weight excluding hydrogens is 448 g/mol. The Kier molecular flexibility index (Phi) is 7.64. The fraction of sp³-hybridized carbons (Fsp3) is 0.233. The van der Waals surface area contributed by atoms with Gasteiger partial charge in [0.05, 0.1) is 12.1 Å². The molecule has 6 heteroatoms. The Balaban J connectivity index is 1.53. The first-order valence-electron chi connectivity index (χ1n) is 12.2. The summed E-state index contributed by atoms with van der Waals surface area (Å²) in [6.07, 6.45) is 1.67. The number of hydrogen-bond donors (Lipinski definition) is 2. The summed E-state index contributed by atoms with van der Waals surface area (Å²) < 4.78 is 2.10. The summed E-state index contributed by atoms with van der Waals surface area (Å²) in [5.74, 6) is -1.23. The Labute approximate surface area is 212 Å². The van der Waals surface area contributed by atoms with Gasteiger partial charge in [-0.1, -0.05) is 92.7 Å². The summed E-state index contributed by atoms with van der Waals surface area (Å²) in [6.45, 7) is 5.83. The topological polar surface area (TPSA) is 75.5 Å². The molecule has 0 bridgehead atoms. The highest BCUT2D eigenvalue weighted by Crippen LogP contribution is 2.25. The van der Waals surface area contributed by atoms with Crippen molar-refractivity contribution in [3.63, 3.8) is 0 Å². The van der Waals surface area contributed by atoms with Crippen LogP contribution in [0.25, 0.3) is 10.9 Å². The van der Waals surface area contributed by atoms with Gasteiger partial charge in [0.25, 0.3) is 5.91 Å². The molecule has 1 atom stereocenters. The van der Waals surface area contributed by atoms with Crippen LogP contribution in [-0.4, -0.2) is 28.6 Å². The fourth-order valence-corrected chi connectivity index (χ4v) is 4.50. The Morgan fingerprint density at radius 2 is 1.39 bits per heavy atom. The molecule has 0 unspecified atom stereocenters. The number of aryl methyl sites for hydroxylation is 1. The number of nitrogens with one attached hydrogen (secondary N) is 2. The van der Waals surface area contributed by atoms with Crippen LogP contribution in [0.3, 0.4) is 0 Å². The maximum atomic E-state index is 13.5. The monoisotopic (exact) mass is 480 g/mol. The second-order valence-electron chi connectivity index (χ2n) is 9.29. The Hall–Kier alpha value is -4.19. The maximum absolute atomic E-state index is 13.5. The van der Waals surface area contributed by atoms with Crippen LogP contribution in [0.15, 0.2) is 90.0 Å². The predicted molar refractivity (Wildman–Crippen MR) is 145 cm³/mol. The van der Waals surface area contributed by atoms with Crippen LogP contribution in [0.1, 0.15) is 42.1 Å². The van der Waals surface area contributed by atoms with E-state index in [9.17, 15) is 9.59 Å². The fourth-order valence-electron chi connectivity index (χ4n) is 4.50. The third-order valence-electron chi connectivity index (χ3n) is 6.59. The van der Waals surface area contributed by atoms with Gasteiger partial charge in [-0.25, -0.2) is 5.43 Å². The molecule has 3 aromatic carbocycles. The molecule has 0 saturated heterocycles. The lowest BCUT2D eigenvalue weighted by molar-refractivity contribution is -0.130. The van der Waals surface area contributed by atoms with Crippen molar-refractivity contribution >= 4 is 28.9 Å². The van der Waals surface area contributed by atoms with Gasteiger partial charge in [-0.3, -0.25) is 9.59 Å². The van der Waals surface area contributed by atoms with Gasteiger partial charge < -0.3 is 9.88 Å². The summed E-state index contributed by atoms with van der Waals surface area (Å²) in [4.78, 5) is 26.6. The minimum absolute atomic E-state index is 0.129. The molecule has 0 aliphatic rings. The number of benzene rings is 3. The minimum atomic E-state index is -0.738. The predicted octanol–water partition coefficient (Wildman–Crippen LogP) is 4.91. The number of hydrogen-bond acceptors (Lipinski definition) is 3. The highest BCUT2D eigenvalue weighted by atomic mass is 16.2. The minimum Gasteiger partial charge on any atom is -0.347 e. The molecule has 0 radical (unpaired) electrons. The smallest absolute Gasteiger partial charge is 0.262 e. The Morgan fingerprint density at radius 3 is 1.97 bits per heavy atom. The summed E-state index contributed by atoms with van der Waals surface area (Å²) in [6, 6.07) is 26.5. The molecule has 0 aliphatic carbocycles. The first kappa shape index (κ1) is 24.9. The van der Waals surface area contributed by atoms with Crippen molar-refractivity contribution in [1.82, 2.24) is 15.3 Å². The summed E-state index contributed by atoms with van der Waals surface area (Å²) >= 11 is 0. The normalized spacial score (nSPS) is 12.4. The Morgan fingerprint density at radius 1 is 0.833 bits per heavy atom. The lowest BCUT2D eigenvalue weighted by Gasteiger charge is -2.24. The maximum Gasteiger partial charge on any atom is 0.262 e. The average molecular weight is 481 g/mol. The zero-order valence-corrected chi connectivity index (χ0v) is 21.1. The molecule has 1 aromatic heterocycles. The van der Waals surface area contributed by atoms with Gasteiger partial charge in [0, 0.05) is 29.2 Å². The van der Waals surface area contributed by atoms with Gasteiger partial charge in [0.1, 0.15) is 6.04 Å². The largest absolute Gasteiger partial charge is 0.347 e. The quantitative estimate of drug-likeness (QED) is 0.278. The SMILES string of the molecule is Cc1c(/C=N\NC(=O)[C@@H](NC(=O)C(c2ccccc2)c2ccccc2)C(C)C)c2ccccc2n1C. The number of carbonyl (C=O) groups excluding carboxylic acids is 2. The van der Waals surface area contributed by atoms with Crippen molar-refractivity contribution < 1.29 is 9.59 Å². The van der Waals surface area contributed by atoms with E-state index in [1.165, 1.54) is 0 Å². The molecule has 0 spiro atoms. The Bertz CT molecular complexity index is 1330. The second-order valence-corrected chi connectivity index (χ2v) is 9.29. The van der Waals surface area contributed by atoms with Crippen LogP contribution in [0, 0.1) is 12.8 Å². The molecule has 4 rings (SSSR count). The molecule has 1 heterocycles. The summed E-state index contributed by atoms with van der Waals surface area (Å²) in [7, 11) is 2.01. The molecular formula is C30H32N4O2. The van der Waals surface area contributed by atoms with Crippen LogP contribution in [-0.2, 0) is 16.6 Å². The van der Waals surface area contributed by atoms with E-state index in [0.29, 0.717) is 0 Å². The molecule has 184 valence electrons. The van der Waals surface area contributed by atoms with Gasteiger partial charge in [0.2, 0.25) is 5.91 Å². The molecule has 36 heavy (non-hydrogen) atoms. The number of aromatic nitrogens is 1. The summed E-state index contributed by atoms with van der Waals surface area (Å²) in [5, 5.41) is 8.29. The van der Waals surface area contributed by atoms with Crippen LogP contribution in [0.4, 0.5) is 0 Å². The number of carbonyl (C=O) groups is 2. The molecule has 4 aromatic rings. The zero-order chi connectivity index (χ0) is 25.7. The first-order valence-corrected chi connectivity index (χ1v) is 12.2. The van der Waals surface area contributed by atoms with E-state index in [1.54, 1.807) is 6.21 Å².